The van der Waals surface area contributed by atoms with Crippen molar-refractivity contribution in [3.8, 4) is 33.6 Å². The van der Waals surface area contributed by atoms with Gasteiger partial charge in [0.15, 0.2) is 7.14 Å². The zero-order valence-corrected chi connectivity index (χ0v) is 44.3. The van der Waals surface area contributed by atoms with Crippen LogP contribution < -0.4 is 15.9 Å². The van der Waals surface area contributed by atoms with Gasteiger partial charge in [-0.25, -0.2) is 0 Å². The largest absolute Gasteiger partial charge is 0.456 e. The first kappa shape index (κ1) is 44.7. The van der Waals surface area contributed by atoms with Gasteiger partial charge in [-0.15, -0.1) is 0 Å². The Hall–Kier alpha value is -9.38. The van der Waals surface area contributed by atoms with Crippen molar-refractivity contribution < 1.29 is 8.98 Å². The molecule has 6 heteroatoms. The van der Waals surface area contributed by atoms with E-state index in [1.165, 1.54) is 70.1 Å². The van der Waals surface area contributed by atoms with Gasteiger partial charge >= 0.3 is 0 Å². The molecule has 0 bridgehead atoms. The molecule has 79 heavy (non-hydrogen) atoms. The lowest BCUT2D eigenvalue weighted by Crippen LogP contribution is -2.48. The number of nitrogens with zero attached hydrogens (tertiary/aromatic N) is 2. The van der Waals surface area contributed by atoms with E-state index in [1.54, 1.807) is 0 Å². The number of fused-ring (bicyclic) bond motifs is 17. The van der Waals surface area contributed by atoms with Crippen molar-refractivity contribution in [2.45, 2.75) is 15.2 Å². The van der Waals surface area contributed by atoms with Crippen molar-refractivity contribution in [2.24, 2.45) is 0 Å². The molecule has 3 aromatic heterocycles. The molecule has 0 saturated heterocycles. The Morgan fingerprint density at radius 2 is 0.975 bits per heavy atom. The van der Waals surface area contributed by atoms with Crippen molar-refractivity contribution in [2.75, 3.05) is 0 Å². The van der Waals surface area contributed by atoms with E-state index in [-0.39, 0.29) is 0 Å². The van der Waals surface area contributed by atoms with Gasteiger partial charge in [-0.05, 0) is 118 Å². The summed E-state index contributed by atoms with van der Waals surface area (Å²) >= 11 is 1.82. The van der Waals surface area contributed by atoms with E-state index in [2.05, 4.69) is 240 Å². The molecule has 2 unspecified atom stereocenters. The van der Waals surface area contributed by atoms with Crippen LogP contribution in [0.15, 0.2) is 287 Å². The standard InChI is InChI=1S/C73H45N2O2PS/c76-78(51-23-5-2-6-24-51)68-35-15-10-30-59(68)73(62-44-58-55-27-9-14-34-66(55)77-67(58)45-69(62)78)60-31-11-16-36-70(60)79-71-43-47(37-39-61(71)73)46-19-17-22-50(41-46)75-64-33-13-7-25-53(64)56-29-18-28-52(72(56)75)48-38-40-65-57(42-48)54-26-8-12-32-63(54)74(65)49-20-3-1-4-21-49/h1-45H. The summed E-state index contributed by atoms with van der Waals surface area (Å²) in [7, 11) is -3.46. The van der Waals surface area contributed by atoms with Gasteiger partial charge in [0.05, 0.1) is 27.5 Å². The molecule has 15 aromatic rings. The number of hydrogen-bond donors (Lipinski definition) is 0. The average molecular weight is 1050 g/mol. The zero-order chi connectivity index (χ0) is 52.0. The molecule has 5 heterocycles. The van der Waals surface area contributed by atoms with E-state index in [9.17, 15) is 0 Å². The Labute approximate surface area is 459 Å². The quantitative estimate of drug-likeness (QED) is 0.161. The summed E-state index contributed by atoms with van der Waals surface area (Å²) < 4.78 is 28.2. The highest BCUT2D eigenvalue weighted by Gasteiger charge is 2.54. The Morgan fingerprint density at radius 1 is 0.354 bits per heavy atom. The molecule has 0 saturated carbocycles. The molecule has 0 fully saturated rings. The summed E-state index contributed by atoms with van der Waals surface area (Å²) in [6, 6.07) is 98.3. The lowest BCUT2D eigenvalue weighted by molar-refractivity contribution is 0.589. The van der Waals surface area contributed by atoms with E-state index in [0.717, 1.165) is 77.0 Å². The fraction of sp³-hybridized carbons (Fsp3) is 0.0137. The van der Waals surface area contributed by atoms with Gasteiger partial charge in [-0.3, -0.25) is 0 Å². The normalized spacial score (nSPS) is 16.5. The van der Waals surface area contributed by atoms with Crippen molar-refractivity contribution in [1.29, 1.82) is 0 Å². The van der Waals surface area contributed by atoms with E-state index in [4.69, 9.17) is 4.42 Å². The minimum atomic E-state index is -3.46. The molecule has 2 aliphatic rings. The van der Waals surface area contributed by atoms with Crippen LogP contribution in [-0.2, 0) is 9.98 Å². The van der Waals surface area contributed by atoms with Crippen LogP contribution in [0.3, 0.4) is 0 Å². The average Bonchev–Trinajstić information content (AvgIpc) is 3.00. The molecule has 0 aliphatic carbocycles. The van der Waals surface area contributed by atoms with E-state index in [0.29, 0.717) is 0 Å². The summed E-state index contributed by atoms with van der Waals surface area (Å²) in [6.45, 7) is 0. The molecule has 1 spiro atoms. The summed E-state index contributed by atoms with van der Waals surface area (Å²) in [5, 5.41) is 9.43. The molecule has 0 N–H and O–H groups in total. The highest BCUT2D eigenvalue weighted by atomic mass is 32.2. The topological polar surface area (TPSA) is 40.1 Å². The van der Waals surface area contributed by atoms with Gasteiger partial charge in [-0.1, -0.05) is 206 Å². The number of rotatable bonds is 5. The molecule has 0 radical (unpaired) electrons. The number of benzene rings is 12. The fourth-order valence-corrected chi connectivity index (χ4v) is 18.1. The van der Waals surface area contributed by atoms with Gasteiger partial charge in [0, 0.05) is 75.0 Å². The zero-order valence-electron chi connectivity index (χ0n) is 42.5. The molecule has 4 nitrogen and oxygen atoms in total. The number of furan rings is 1. The van der Waals surface area contributed by atoms with Gasteiger partial charge in [0.1, 0.15) is 11.2 Å². The summed E-state index contributed by atoms with van der Waals surface area (Å²) in [4.78, 5) is 2.34. The van der Waals surface area contributed by atoms with Crippen molar-refractivity contribution in [3.63, 3.8) is 0 Å². The Bertz CT molecular complexity index is 5110. The molecule has 2 aliphatic heterocycles. The maximum absolute atomic E-state index is 16.7. The van der Waals surface area contributed by atoms with Crippen molar-refractivity contribution in [3.05, 3.63) is 295 Å². The molecular weight excluding hydrogens is 1000 g/mol. The van der Waals surface area contributed by atoms with Gasteiger partial charge in [-0.2, -0.15) is 0 Å². The first-order valence-corrected chi connectivity index (χ1v) is 29.4. The summed E-state index contributed by atoms with van der Waals surface area (Å²) in [6.07, 6.45) is 0. The second-order valence-corrected chi connectivity index (χ2v) is 24.8. The predicted octanol–water partition coefficient (Wildman–Crippen LogP) is 17.9. The third-order valence-electron chi connectivity index (χ3n) is 17.0. The van der Waals surface area contributed by atoms with Gasteiger partial charge in [0.25, 0.3) is 0 Å². The second-order valence-electron chi connectivity index (χ2n) is 21.0. The van der Waals surface area contributed by atoms with Crippen LogP contribution in [0.4, 0.5) is 0 Å². The van der Waals surface area contributed by atoms with E-state index >= 15 is 4.57 Å². The molecule has 2 atom stereocenters. The highest BCUT2D eigenvalue weighted by Crippen LogP contribution is 2.62. The Morgan fingerprint density at radius 3 is 1.82 bits per heavy atom. The lowest BCUT2D eigenvalue weighted by Gasteiger charge is -2.47. The van der Waals surface area contributed by atoms with Crippen LogP contribution >= 0.6 is 18.9 Å². The van der Waals surface area contributed by atoms with Crippen LogP contribution in [0.25, 0.3) is 99.2 Å². The Kier molecular flexibility index (Phi) is 9.52. The van der Waals surface area contributed by atoms with Crippen LogP contribution in [0.1, 0.15) is 22.3 Å². The van der Waals surface area contributed by atoms with Crippen LogP contribution in [-0.4, -0.2) is 9.13 Å². The first-order valence-electron chi connectivity index (χ1n) is 26.9. The maximum atomic E-state index is 16.7. The summed E-state index contributed by atoms with van der Waals surface area (Å²) in [5.41, 5.74) is 16.7. The molecule has 12 aromatic carbocycles. The smallest absolute Gasteiger partial charge is 0.171 e. The number of aromatic nitrogens is 2. The Balaban J connectivity index is 0.866. The van der Waals surface area contributed by atoms with Gasteiger partial charge in [0.2, 0.25) is 0 Å². The minimum Gasteiger partial charge on any atom is -0.456 e. The lowest BCUT2D eigenvalue weighted by atomic mass is 9.64. The monoisotopic (exact) mass is 1040 g/mol. The number of para-hydroxylation sites is 5. The van der Waals surface area contributed by atoms with Crippen LogP contribution in [0.5, 0.6) is 0 Å². The third kappa shape index (κ3) is 6.20. The molecule has 0 amide bonds. The molecule has 370 valence electrons. The van der Waals surface area contributed by atoms with Crippen LogP contribution in [0, 0.1) is 0 Å². The maximum Gasteiger partial charge on any atom is 0.171 e. The second kappa shape index (κ2) is 16.8. The predicted molar refractivity (Wildman–Crippen MR) is 329 cm³/mol. The summed E-state index contributed by atoms with van der Waals surface area (Å²) in [5.74, 6) is 0. The number of hydrogen-bond acceptors (Lipinski definition) is 3. The van der Waals surface area contributed by atoms with Crippen molar-refractivity contribution >= 4 is 100 Å². The minimum absolute atomic E-state index is 0.739. The van der Waals surface area contributed by atoms with Gasteiger partial charge < -0.3 is 18.1 Å². The SMILES string of the molecule is O=P1(c2ccccc2)c2ccccc2C2(c3ccccc3Sc3cc(-c4cccc(-n5c6ccccc6c6cccc(-c7ccc8c(c7)c7ccccc7n8-c7ccccc7)c65)c4)ccc32)c2cc3c(cc21)oc1ccccc13. The molecular formula is C73H45N2O2PS. The van der Waals surface area contributed by atoms with E-state index < -0.39 is 12.6 Å². The third-order valence-corrected chi connectivity index (χ3v) is 21.3. The fourth-order valence-electron chi connectivity index (χ4n) is 13.7. The molecule has 17 rings (SSSR count). The first-order chi connectivity index (χ1) is 39.1. The van der Waals surface area contributed by atoms with Crippen LogP contribution in [0.2, 0.25) is 0 Å². The highest BCUT2D eigenvalue weighted by molar-refractivity contribution is 7.99. The van der Waals surface area contributed by atoms with E-state index in [1.807, 2.05) is 54.2 Å². The van der Waals surface area contributed by atoms with Crippen molar-refractivity contribution in [1.82, 2.24) is 9.13 Å².